The van der Waals surface area contributed by atoms with E-state index in [2.05, 4.69) is 10.9 Å². The maximum absolute atomic E-state index is 5.30. The standard InChI is InChI=1S/C9H9NS/c1-3-8-6(2)10-9(11-8)7-4-5-7/h1,7H,4-5H2,2H3. The largest absolute Gasteiger partial charge is 0.245 e. The molecule has 0 spiro atoms. The van der Waals surface area contributed by atoms with Crippen molar-refractivity contribution in [3.63, 3.8) is 0 Å². The smallest absolute Gasteiger partial charge is 0.0996 e. The quantitative estimate of drug-likeness (QED) is 0.579. The van der Waals surface area contributed by atoms with E-state index < -0.39 is 0 Å². The molecule has 1 nitrogen and oxygen atoms in total. The molecule has 1 saturated carbocycles. The van der Waals surface area contributed by atoms with Gasteiger partial charge >= 0.3 is 0 Å². The molecule has 56 valence electrons. The second-order valence-electron chi connectivity index (χ2n) is 2.89. The zero-order valence-corrected chi connectivity index (χ0v) is 7.24. The number of thiazole rings is 1. The molecule has 0 atom stereocenters. The minimum absolute atomic E-state index is 0.737. The van der Waals surface area contributed by atoms with Crippen LogP contribution in [0.3, 0.4) is 0 Å². The fourth-order valence-corrected chi connectivity index (χ4v) is 2.10. The van der Waals surface area contributed by atoms with Crippen LogP contribution < -0.4 is 0 Å². The van der Waals surface area contributed by atoms with Crippen molar-refractivity contribution in [2.75, 3.05) is 0 Å². The fraction of sp³-hybridized carbons (Fsp3) is 0.444. The summed E-state index contributed by atoms with van der Waals surface area (Å²) in [6, 6.07) is 0. The molecule has 0 aliphatic heterocycles. The zero-order chi connectivity index (χ0) is 7.84. The van der Waals surface area contributed by atoms with E-state index in [-0.39, 0.29) is 0 Å². The summed E-state index contributed by atoms with van der Waals surface area (Å²) in [6.07, 6.45) is 7.91. The van der Waals surface area contributed by atoms with Gasteiger partial charge in [0.25, 0.3) is 0 Å². The van der Waals surface area contributed by atoms with E-state index in [1.165, 1.54) is 17.8 Å². The van der Waals surface area contributed by atoms with Gasteiger partial charge in [-0.2, -0.15) is 0 Å². The summed E-state index contributed by atoms with van der Waals surface area (Å²) in [5.74, 6) is 3.39. The Balaban J connectivity index is 2.38. The fourth-order valence-electron chi connectivity index (χ4n) is 1.06. The molecule has 1 aromatic heterocycles. The van der Waals surface area contributed by atoms with Crippen molar-refractivity contribution in [3.8, 4) is 12.3 Å². The Morgan fingerprint density at radius 3 is 2.82 bits per heavy atom. The van der Waals surface area contributed by atoms with Crippen molar-refractivity contribution in [2.24, 2.45) is 0 Å². The van der Waals surface area contributed by atoms with Gasteiger partial charge in [-0.3, -0.25) is 0 Å². The topological polar surface area (TPSA) is 12.9 Å². The van der Waals surface area contributed by atoms with Crippen molar-refractivity contribution >= 4 is 11.3 Å². The van der Waals surface area contributed by atoms with Crippen LogP contribution >= 0.6 is 11.3 Å². The first-order valence-electron chi connectivity index (χ1n) is 3.75. The summed E-state index contributed by atoms with van der Waals surface area (Å²) in [4.78, 5) is 5.43. The lowest BCUT2D eigenvalue weighted by Crippen LogP contribution is -1.76. The predicted molar refractivity (Wildman–Crippen MR) is 46.8 cm³/mol. The first-order chi connectivity index (χ1) is 5.31. The lowest BCUT2D eigenvalue weighted by molar-refractivity contribution is 1.06. The molecule has 1 aliphatic carbocycles. The summed E-state index contributed by atoms with van der Waals surface area (Å²) < 4.78 is 0. The van der Waals surface area contributed by atoms with Crippen molar-refractivity contribution in [3.05, 3.63) is 15.6 Å². The molecule has 1 aliphatic rings. The Labute approximate surface area is 70.5 Å². The highest BCUT2D eigenvalue weighted by Gasteiger charge is 2.27. The molecular weight excluding hydrogens is 154 g/mol. The second kappa shape index (κ2) is 2.35. The zero-order valence-electron chi connectivity index (χ0n) is 6.42. The predicted octanol–water partition coefficient (Wildman–Crippen LogP) is 2.31. The Morgan fingerprint density at radius 1 is 1.64 bits per heavy atom. The monoisotopic (exact) mass is 163 g/mol. The van der Waals surface area contributed by atoms with Gasteiger partial charge in [0.2, 0.25) is 0 Å². The lowest BCUT2D eigenvalue weighted by atomic mass is 10.4. The minimum Gasteiger partial charge on any atom is -0.245 e. The average molecular weight is 163 g/mol. The molecule has 0 aromatic carbocycles. The SMILES string of the molecule is C#Cc1sc(C2CC2)nc1C. The van der Waals surface area contributed by atoms with Crippen LogP contribution in [0.1, 0.15) is 34.3 Å². The third-order valence-corrected chi connectivity index (χ3v) is 3.12. The van der Waals surface area contributed by atoms with Crippen LogP contribution in [0.2, 0.25) is 0 Å². The Bertz CT molecular complexity index is 315. The normalized spacial score (nSPS) is 16.4. The molecule has 0 saturated heterocycles. The van der Waals surface area contributed by atoms with Crippen LogP contribution in [0.25, 0.3) is 0 Å². The summed E-state index contributed by atoms with van der Waals surface area (Å²) in [6.45, 7) is 1.98. The first kappa shape index (κ1) is 6.87. The molecule has 0 N–H and O–H groups in total. The van der Waals surface area contributed by atoms with Gasteiger partial charge in [0, 0.05) is 5.92 Å². The number of hydrogen-bond acceptors (Lipinski definition) is 2. The molecule has 2 rings (SSSR count). The van der Waals surface area contributed by atoms with Crippen LogP contribution in [-0.4, -0.2) is 4.98 Å². The first-order valence-corrected chi connectivity index (χ1v) is 4.57. The van der Waals surface area contributed by atoms with Crippen molar-refractivity contribution in [1.82, 2.24) is 4.98 Å². The van der Waals surface area contributed by atoms with Gasteiger partial charge in [-0.15, -0.1) is 17.8 Å². The van der Waals surface area contributed by atoms with E-state index in [0.29, 0.717) is 0 Å². The lowest BCUT2D eigenvalue weighted by Gasteiger charge is -1.82. The van der Waals surface area contributed by atoms with E-state index in [4.69, 9.17) is 6.42 Å². The number of aromatic nitrogens is 1. The summed E-state index contributed by atoms with van der Waals surface area (Å²) >= 11 is 1.68. The summed E-state index contributed by atoms with van der Waals surface area (Å²) in [5.41, 5.74) is 1.03. The molecule has 1 aromatic rings. The highest BCUT2D eigenvalue weighted by molar-refractivity contribution is 7.12. The molecule has 0 bridgehead atoms. The van der Waals surface area contributed by atoms with E-state index in [1.54, 1.807) is 11.3 Å². The summed E-state index contributed by atoms with van der Waals surface area (Å²) in [7, 11) is 0. The van der Waals surface area contributed by atoms with Gasteiger partial charge in [0.05, 0.1) is 15.6 Å². The Kier molecular flexibility index (Phi) is 1.47. The van der Waals surface area contributed by atoms with E-state index in [1.807, 2.05) is 6.92 Å². The van der Waals surface area contributed by atoms with Crippen molar-refractivity contribution in [2.45, 2.75) is 25.7 Å². The number of nitrogens with zero attached hydrogens (tertiary/aromatic N) is 1. The van der Waals surface area contributed by atoms with Gasteiger partial charge in [-0.25, -0.2) is 4.98 Å². The van der Waals surface area contributed by atoms with Gasteiger partial charge in [-0.05, 0) is 19.8 Å². The molecule has 1 fully saturated rings. The molecule has 11 heavy (non-hydrogen) atoms. The Morgan fingerprint density at radius 2 is 2.36 bits per heavy atom. The van der Waals surface area contributed by atoms with Crippen LogP contribution in [0.5, 0.6) is 0 Å². The van der Waals surface area contributed by atoms with Gasteiger partial charge in [0.1, 0.15) is 0 Å². The number of aryl methyl sites for hydroxylation is 1. The molecule has 0 radical (unpaired) electrons. The highest BCUT2D eigenvalue weighted by atomic mass is 32.1. The van der Waals surface area contributed by atoms with E-state index >= 15 is 0 Å². The molecule has 1 heterocycles. The third kappa shape index (κ3) is 1.17. The van der Waals surface area contributed by atoms with Crippen LogP contribution in [0.15, 0.2) is 0 Å². The Hall–Kier alpha value is -0.810. The van der Waals surface area contributed by atoms with Crippen LogP contribution in [0.4, 0.5) is 0 Å². The minimum atomic E-state index is 0.737. The maximum atomic E-state index is 5.30. The molecule has 2 heteroatoms. The van der Waals surface area contributed by atoms with Crippen LogP contribution in [0, 0.1) is 19.3 Å². The molecule has 0 unspecified atom stereocenters. The van der Waals surface area contributed by atoms with E-state index in [0.717, 1.165) is 16.5 Å². The molecular formula is C9H9NS. The third-order valence-electron chi connectivity index (χ3n) is 1.87. The number of terminal acetylenes is 1. The van der Waals surface area contributed by atoms with Crippen molar-refractivity contribution in [1.29, 1.82) is 0 Å². The van der Waals surface area contributed by atoms with E-state index in [9.17, 15) is 0 Å². The van der Waals surface area contributed by atoms with Crippen molar-refractivity contribution < 1.29 is 0 Å². The van der Waals surface area contributed by atoms with Gasteiger partial charge < -0.3 is 0 Å². The van der Waals surface area contributed by atoms with Crippen LogP contribution in [-0.2, 0) is 0 Å². The molecule has 0 amide bonds. The number of rotatable bonds is 1. The second-order valence-corrected chi connectivity index (χ2v) is 3.92. The highest BCUT2D eigenvalue weighted by Crippen LogP contribution is 2.42. The maximum Gasteiger partial charge on any atom is 0.0996 e. The van der Waals surface area contributed by atoms with Gasteiger partial charge in [-0.1, -0.05) is 5.92 Å². The van der Waals surface area contributed by atoms with Gasteiger partial charge in [0.15, 0.2) is 0 Å². The summed E-state index contributed by atoms with van der Waals surface area (Å²) in [5, 5.41) is 1.25. The average Bonchev–Trinajstić information content (AvgIpc) is 2.76. The number of hydrogen-bond donors (Lipinski definition) is 0.